The van der Waals surface area contributed by atoms with Crippen LogP contribution in [0.3, 0.4) is 0 Å². The van der Waals surface area contributed by atoms with Gasteiger partial charge in [-0.25, -0.2) is 4.98 Å². The number of hydrogen-bond acceptors (Lipinski definition) is 4. The second kappa shape index (κ2) is 6.38. The van der Waals surface area contributed by atoms with Gasteiger partial charge in [0.25, 0.3) is 0 Å². The molecule has 20 heavy (non-hydrogen) atoms. The van der Waals surface area contributed by atoms with Crippen LogP contribution in [0, 0.1) is 11.3 Å². The van der Waals surface area contributed by atoms with E-state index in [1.807, 2.05) is 25.2 Å². The van der Waals surface area contributed by atoms with Gasteiger partial charge in [-0.15, -0.1) is 0 Å². The zero-order chi connectivity index (χ0) is 14.5. The molecular weight excluding hydrogens is 272 g/mol. The third-order valence-corrected chi connectivity index (χ3v) is 3.21. The Kier molecular flexibility index (Phi) is 4.57. The minimum atomic E-state index is 0.462. The number of benzene rings is 1. The van der Waals surface area contributed by atoms with E-state index in [2.05, 4.69) is 16.0 Å². The molecule has 0 amide bonds. The highest BCUT2D eigenvalue weighted by molar-refractivity contribution is 6.31. The molecule has 0 spiro atoms. The number of nitriles is 1. The number of hydrogen-bond donors (Lipinski definition) is 1. The Morgan fingerprint density at radius 3 is 2.85 bits per heavy atom. The van der Waals surface area contributed by atoms with Crippen molar-refractivity contribution in [3.63, 3.8) is 0 Å². The quantitative estimate of drug-likeness (QED) is 0.938. The summed E-state index contributed by atoms with van der Waals surface area (Å²) in [5, 5.41) is 9.50. The molecule has 0 aliphatic heterocycles. The molecule has 0 radical (unpaired) electrons. The molecule has 1 aromatic carbocycles. The van der Waals surface area contributed by atoms with E-state index in [1.54, 1.807) is 18.2 Å². The Hall–Kier alpha value is -2.09. The van der Waals surface area contributed by atoms with Crippen LogP contribution in [0.4, 0.5) is 5.82 Å². The van der Waals surface area contributed by atoms with Gasteiger partial charge >= 0.3 is 0 Å². The number of anilines is 1. The molecule has 2 rings (SSSR count). The van der Waals surface area contributed by atoms with Crippen molar-refractivity contribution >= 4 is 17.4 Å². The molecule has 2 N–H and O–H groups in total. The molecule has 0 unspecified atom stereocenters. The summed E-state index contributed by atoms with van der Waals surface area (Å²) in [6.45, 7) is 1.31. The maximum atomic E-state index is 8.89. The van der Waals surface area contributed by atoms with Crippen molar-refractivity contribution in [3.8, 4) is 6.07 Å². The second-order valence-corrected chi connectivity index (χ2v) is 5.06. The van der Waals surface area contributed by atoms with E-state index < -0.39 is 0 Å². The van der Waals surface area contributed by atoms with E-state index in [4.69, 9.17) is 22.6 Å². The third-order valence-electron chi connectivity index (χ3n) is 2.87. The van der Waals surface area contributed by atoms with Crippen LogP contribution in [-0.2, 0) is 13.1 Å². The van der Waals surface area contributed by atoms with E-state index >= 15 is 0 Å². The molecular formula is C15H15ClN4. The summed E-state index contributed by atoms with van der Waals surface area (Å²) in [5.74, 6) is 0.462. The molecule has 1 aromatic heterocycles. The molecule has 0 fully saturated rings. The van der Waals surface area contributed by atoms with Crippen molar-refractivity contribution in [2.45, 2.75) is 13.1 Å². The number of nitrogens with two attached hydrogens (primary N) is 1. The lowest BCUT2D eigenvalue weighted by Crippen LogP contribution is -2.18. The predicted molar refractivity (Wildman–Crippen MR) is 80.0 cm³/mol. The molecule has 0 aliphatic rings. The van der Waals surface area contributed by atoms with Gasteiger partial charge in [0.05, 0.1) is 22.3 Å². The van der Waals surface area contributed by atoms with Crippen molar-refractivity contribution < 1.29 is 0 Å². The predicted octanol–water partition coefficient (Wildman–Crippen LogP) is 2.82. The Morgan fingerprint density at radius 2 is 2.10 bits per heavy atom. The lowest BCUT2D eigenvalue weighted by molar-refractivity contribution is 0.315. The van der Waals surface area contributed by atoms with Crippen LogP contribution >= 0.6 is 11.6 Å². The fraction of sp³-hybridized carbons (Fsp3) is 0.200. The van der Waals surface area contributed by atoms with Gasteiger partial charge in [-0.3, -0.25) is 4.90 Å². The molecule has 0 saturated heterocycles. The highest BCUT2D eigenvalue weighted by Gasteiger charge is 2.07. The van der Waals surface area contributed by atoms with Gasteiger partial charge in [-0.2, -0.15) is 5.26 Å². The van der Waals surface area contributed by atoms with E-state index in [0.717, 1.165) is 11.3 Å². The van der Waals surface area contributed by atoms with Gasteiger partial charge in [0.15, 0.2) is 0 Å². The van der Waals surface area contributed by atoms with Crippen LogP contribution < -0.4 is 5.73 Å². The maximum absolute atomic E-state index is 8.89. The minimum absolute atomic E-state index is 0.462. The molecule has 5 heteroatoms. The summed E-state index contributed by atoms with van der Waals surface area (Å²) >= 11 is 6.10. The van der Waals surface area contributed by atoms with Crippen LogP contribution in [0.1, 0.15) is 16.8 Å². The first-order valence-electron chi connectivity index (χ1n) is 6.17. The van der Waals surface area contributed by atoms with Gasteiger partial charge in [0.2, 0.25) is 0 Å². The summed E-state index contributed by atoms with van der Waals surface area (Å²) in [4.78, 5) is 6.31. The van der Waals surface area contributed by atoms with Gasteiger partial charge in [0.1, 0.15) is 5.82 Å². The van der Waals surface area contributed by atoms with Crippen molar-refractivity contribution in [1.82, 2.24) is 9.88 Å². The fourth-order valence-electron chi connectivity index (χ4n) is 1.97. The number of nitrogens with zero attached hydrogens (tertiary/aromatic N) is 3. The molecule has 4 nitrogen and oxygen atoms in total. The Balaban J connectivity index is 2.07. The normalized spacial score (nSPS) is 10.5. The third kappa shape index (κ3) is 3.70. The highest BCUT2D eigenvalue weighted by atomic mass is 35.5. The van der Waals surface area contributed by atoms with Crippen LogP contribution in [0.25, 0.3) is 0 Å². The van der Waals surface area contributed by atoms with Crippen molar-refractivity contribution in [2.75, 3.05) is 12.8 Å². The van der Waals surface area contributed by atoms with Gasteiger partial charge in [-0.05, 0) is 36.9 Å². The van der Waals surface area contributed by atoms with Crippen molar-refractivity contribution in [1.29, 1.82) is 5.26 Å². The van der Waals surface area contributed by atoms with E-state index in [9.17, 15) is 0 Å². The zero-order valence-corrected chi connectivity index (χ0v) is 11.9. The summed E-state index contributed by atoms with van der Waals surface area (Å²) in [6, 6.07) is 13.1. The van der Waals surface area contributed by atoms with Crippen molar-refractivity contribution in [3.05, 3.63) is 58.2 Å². The monoisotopic (exact) mass is 286 g/mol. The number of rotatable bonds is 4. The fourth-order valence-corrected chi connectivity index (χ4v) is 2.14. The van der Waals surface area contributed by atoms with Crippen molar-refractivity contribution in [2.24, 2.45) is 0 Å². The standard InChI is InChI=1S/C15H15ClN4/c1-20(9-12-4-2-3-11(7-12)8-17)10-14-13(16)5-6-15(18)19-14/h2-7H,9-10H2,1H3,(H2,18,19). The van der Waals surface area contributed by atoms with E-state index in [-0.39, 0.29) is 0 Å². The summed E-state index contributed by atoms with van der Waals surface area (Å²) in [6.07, 6.45) is 0. The Labute approximate surface area is 123 Å². The summed E-state index contributed by atoms with van der Waals surface area (Å²) in [5.41, 5.74) is 8.16. The number of nitrogen functional groups attached to an aromatic ring is 1. The van der Waals surface area contributed by atoms with E-state index in [0.29, 0.717) is 29.5 Å². The highest BCUT2D eigenvalue weighted by Crippen LogP contribution is 2.17. The smallest absolute Gasteiger partial charge is 0.123 e. The molecule has 0 bridgehead atoms. The average molecular weight is 287 g/mol. The first kappa shape index (κ1) is 14.3. The van der Waals surface area contributed by atoms with Gasteiger partial charge in [-0.1, -0.05) is 23.7 Å². The lowest BCUT2D eigenvalue weighted by atomic mass is 10.1. The van der Waals surface area contributed by atoms with Crippen LogP contribution in [-0.4, -0.2) is 16.9 Å². The molecule has 1 heterocycles. The van der Waals surface area contributed by atoms with Gasteiger partial charge < -0.3 is 5.73 Å². The molecule has 2 aromatic rings. The summed E-state index contributed by atoms with van der Waals surface area (Å²) in [7, 11) is 1.97. The first-order chi connectivity index (χ1) is 9.58. The first-order valence-corrected chi connectivity index (χ1v) is 6.55. The van der Waals surface area contributed by atoms with Crippen LogP contribution in [0.15, 0.2) is 36.4 Å². The summed E-state index contributed by atoms with van der Waals surface area (Å²) < 4.78 is 0. The molecule has 102 valence electrons. The van der Waals surface area contributed by atoms with Crippen LogP contribution in [0.2, 0.25) is 5.02 Å². The largest absolute Gasteiger partial charge is 0.384 e. The molecule has 0 saturated carbocycles. The number of halogens is 1. The van der Waals surface area contributed by atoms with Gasteiger partial charge in [0, 0.05) is 13.1 Å². The minimum Gasteiger partial charge on any atom is -0.384 e. The number of pyridine rings is 1. The van der Waals surface area contributed by atoms with E-state index in [1.165, 1.54) is 0 Å². The lowest BCUT2D eigenvalue weighted by Gasteiger charge is -2.17. The molecule has 0 atom stereocenters. The topological polar surface area (TPSA) is 65.9 Å². The maximum Gasteiger partial charge on any atom is 0.123 e. The zero-order valence-electron chi connectivity index (χ0n) is 11.2. The van der Waals surface area contributed by atoms with Crippen LogP contribution in [0.5, 0.6) is 0 Å². The second-order valence-electron chi connectivity index (χ2n) is 4.65. The number of aromatic nitrogens is 1. The molecule has 0 aliphatic carbocycles. The Morgan fingerprint density at radius 1 is 1.30 bits per heavy atom. The Bertz CT molecular complexity index is 649. The SMILES string of the molecule is CN(Cc1cccc(C#N)c1)Cc1nc(N)ccc1Cl. The average Bonchev–Trinajstić information content (AvgIpc) is 2.43.